The Morgan fingerprint density at radius 1 is 1.12 bits per heavy atom. The van der Waals surface area contributed by atoms with Crippen molar-refractivity contribution in [1.82, 2.24) is 0 Å². The van der Waals surface area contributed by atoms with E-state index in [0.717, 1.165) is 14.9 Å². The van der Waals surface area contributed by atoms with Gasteiger partial charge in [-0.25, -0.2) is 4.79 Å². The molecule has 3 rings (SSSR count). The third-order valence-corrected chi connectivity index (χ3v) is 6.06. The Kier molecular flexibility index (Phi) is 5.67. The van der Waals surface area contributed by atoms with E-state index >= 15 is 0 Å². The van der Waals surface area contributed by atoms with Crippen LogP contribution in [-0.4, -0.2) is 17.0 Å². The summed E-state index contributed by atoms with van der Waals surface area (Å²) >= 11 is 6.29. The molecule has 0 saturated carbocycles. The fourth-order valence-electron chi connectivity index (χ4n) is 2.38. The number of carboxylic acids is 1. The van der Waals surface area contributed by atoms with Crippen LogP contribution in [0.3, 0.4) is 0 Å². The van der Waals surface area contributed by atoms with Crippen LogP contribution in [0.2, 0.25) is 0 Å². The topological polar surface area (TPSA) is 66.4 Å². The molecule has 1 aromatic carbocycles. The van der Waals surface area contributed by atoms with Gasteiger partial charge in [0.2, 0.25) is 5.91 Å². The van der Waals surface area contributed by atoms with Gasteiger partial charge in [0, 0.05) is 21.2 Å². The van der Waals surface area contributed by atoms with Crippen molar-refractivity contribution in [2.24, 2.45) is 0 Å². The van der Waals surface area contributed by atoms with E-state index in [1.807, 2.05) is 41.8 Å². The summed E-state index contributed by atoms with van der Waals surface area (Å²) in [6.45, 7) is 0. The largest absolute Gasteiger partial charge is 0.478 e. The standard InChI is InChI=1S/C18H14BrNO3S2/c19-12-5-3-11(4-6-12)17-16(18(22)23)14(10-25-17)20-15(21)8-7-13-2-1-9-24-13/h1-6,9-10H,7-8H2,(H,20,21)(H,22,23). The minimum atomic E-state index is -1.05. The molecule has 7 heteroatoms. The van der Waals surface area contributed by atoms with E-state index in [9.17, 15) is 14.7 Å². The number of nitrogens with one attached hydrogen (secondary N) is 1. The summed E-state index contributed by atoms with van der Waals surface area (Å²) < 4.78 is 0.923. The zero-order chi connectivity index (χ0) is 17.8. The Hall–Kier alpha value is -1.96. The lowest BCUT2D eigenvalue weighted by atomic mass is 10.1. The van der Waals surface area contributed by atoms with Crippen molar-refractivity contribution in [3.63, 3.8) is 0 Å². The number of amides is 1. The molecule has 0 atom stereocenters. The molecule has 0 saturated heterocycles. The highest BCUT2D eigenvalue weighted by molar-refractivity contribution is 9.10. The lowest BCUT2D eigenvalue weighted by Crippen LogP contribution is -2.14. The molecule has 1 amide bonds. The highest BCUT2D eigenvalue weighted by Crippen LogP contribution is 2.36. The van der Waals surface area contributed by atoms with Gasteiger partial charge < -0.3 is 10.4 Å². The van der Waals surface area contributed by atoms with Gasteiger partial charge in [0.15, 0.2) is 0 Å². The fourth-order valence-corrected chi connectivity index (χ4v) is 4.35. The maximum Gasteiger partial charge on any atom is 0.339 e. The molecule has 0 fully saturated rings. The van der Waals surface area contributed by atoms with Gasteiger partial charge in [-0.1, -0.05) is 34.1 Å². The lowest BCUT2D eigenvalue weighted by molar-refractivity contribution is -0.116. The zero-order valence-electron chi connectivity index (χ0n) is 13.0. The quantitative estimate of drug-likeness (QED) is 0.536. The molecule has 25 heavy (non-hydrogen) atoms. The van der Waals surface area contributed by atoms with Gasteiger partial charge in [0.05, 0.1) is 10.6 Å². The number of hydrogen-bond acceptors (Lipinski definition) is 4. The molecule has 2 heterocycles. The van der Waals surface area contributed by atoms with Gasteiger partial charge in [-0.2, -0.15) is 0 Å². The molecule has 0 bridgehead atoms. The number of carboxylic acid groups (broad SMARTS) is 1. The number of rotatable bonds is 6. The zero-order valence-corrected chi connectivity index (χ0v) is 16.2. The van der Waals surface area contributed by atoms with E-state index in [0.29, 0.717) is 23.4 Å². The molecule has 0 spiro atoms. The van der Waals surface area contributed by atoms with E-state index in [2.05, 4.69) is 21.2 Å². The maximum absolute atomic E-state index is 12.2. The van der Waals surface area contributed by atoms with Crippen LogP contribution in [0.5, 0.6) is 0 Å². The van der Waals surface area contributed by atoms with Crippen molar-refractivity contribution in [1.29, 1.82) is 0 Å². The van der Waals surface area contributed by atoms with Crippen LogP contribution in [0.4, 0.5) is 5.69 Å². The van der Waals surface area contributed by atoms with Crippen LogP contribution in [-0.2, 0) is 11.2 Å². The first kappa shape index (κ1) is 17.8. The van der Waals surface area contributed by atoms with Gasteiger partial charge in [-0.05, 0) is 35.6 Å². The molecule has 2 aromatic heterocycles. The van der Waals surface area contributed by atoms with E-state index < -0.39 is 5.97 Å². The Bertz CT molecular complexity index is 886. The van der Waals surface area contributed by atoms with Crippen molar-refractivity contribution in [3.8, 4) is 10.4 Å². The number of thiophene rings is 2. The Morgan fingerprint density at radius 2 is 1.88 bits per heavy atom. The highest BCUT2D eigenvalue weighted by Gasteiger charge is 2.21. The minimum absolute atomic E-state index is 0.136. The van der Waals surface area contributed by atoms with Crippen LogP contribution in [0.1, 0.15) is 21.7 Å². The minimum Gasteiger partial charge on any atom is -0.478 e. The molecule has 3 aromatic rings. The number of carbonyl (C=O) groups is 2. The van der Waals surface area contributed by atoms with Crippen molar-refractivity contribution < 1.29 is 14.7 Å². The monoisotopic (exact) mass is 435 g/mol. The van der Waals surface area contributed by atoms with Crippen molar-refractivity contribution in [2.45, 2.75) is 12.8 Å². The summed E-state index contributed by atoms with van der Waals surface area (Å²) in [6.07, 6.45) is 0.971. The summed E-state index contributed by atoms with van der Waals surface area (Å²) in [6, 6.07) is 11.4. The number of aromatic carboxylic acids is 1. The van der Waals surface area contributed by atoms with Crippen LogP contribution in [0.15, 0.2) is 51.6 Å². The highest BCUT2D eigenvalue weighted by atomic mass is 79.9. The SMILES string of the molecule is O=C(CCc1cccs1)Nc1csc(-c2ccc(Br)cc2)c1C(=O)O. The molecular weight excluding hydrogens is 422 g/mol. The molecule has 0 aliphatic carbocycles. The van der Waals surface area contributed by atoms with E-state index in [-0.39, 0.29) is 11.5 Å². The molecule has 0 radical (unpaired) electrons. The normalized spacial score (nSPS) is 10.6. The van der Waals surface area contributed by atoms with Gasteiger partial charge >= 0.3 is 5.97 Å². The van der Waals surface area contributed by atoms with Crippen molar-refractivity contribution >= 4 is 56.2 Å². The maximum atomic E-state index is 12.2. The van der Waals surface area contributed by atoms with Crippen molar-refractivity contribution in [3.05, 3.63) is 62.1 Å². The van der Waals surface area contributed by atoms with E-state index in [4.69, 9.17) is 0 Å². The average Bonchev–Trinajstić information content (AvgIpc) is 3.23. The smallest absolute Gasteiger partial charge is 0.339 e. The predicted octanol–water partition coefficient (Wildman–Crippen LogP) is 5.51. The second-order valence-corrected chi connectivity index (χ2v) is 8.12. The lowest BCUT2D eigenvalue weighted by Gasteiger charge is -2.06. The Labute approximate surface area is 161 Å². The predicted molar refractivity (Wildman–Crippen MR) is 106 cm³/mol. The molecule has 0 unspecified atom stereocenters. The Balaban J connectivity index is 1.78. The fraction of sp³-hybridized carbons (Fsp3) is 0.111. The molecule has 128 valence electrons. The second-order valence-electron chi connectivity index (χ2n) is 5.29. The van der Waals surface area contributed by atoms with Crippen LogP contribution >= 0.6 is 38.6 Å². The number of anilines is 1. The number of aryl methyl sites for hydroxylation is 1. The van der Waals surface area contributed by atoms with Crippen molar-refractivity contribution in [2.75, 3.05) is 5.32 Å². The average molecular weight is 436 g/mol. The third kappa shape index (κ3) is 4.36. The number of benzene rings is 1. The molecule has 0 aliphatic rings. The number of hydrogen-bond donors (Lipinski definition) is 2. The molecule has 4 nitrogen and oxygen atoms in total. The summed E-state index contributed by atoms with van der Waals surface area (Å²) in [7, 11) is 0. The number of carbonyl (C=O) groups excluding carboxylic acids is 1. The van der Waals surface area contributed by atoms with Gasteiger partial charge in [-0.3, -0.25) is 4.79 Å². The Morgan fingerprint density at radius 3 is 2.52 bits per heavy atom. The van der Waals surface area contributed by atoms with Crippen LogP contribution in [0, 0.1) is 0 Å². The van der Waals surface area contributed by atoms with E-state index in [1.54, 1.807) is 16.7 Å². The molecule has 2 N–H and O–H groups in total. The van der Waals surface area contributed by atoms with Crippen LogP contribution < -0.4 is 5.32 Å². The summed E-state index contributed by atoms with van der Waals surface area (Å²) in [5.74, 6) is -1.23. The van der Waals surface area contributed by atoms with Gasteiger partial charge in [0.1, 0.15) is 5.56 Å². The second kappa shape index (κ2) is 7.95. The number of halogens is 1. The van der Waals surface area contributed by atoms with Gasteiger partial charge in [0.25, 0.3) is 0 Å². The third-order valence-electron chi connectivity index (χ3n) is 3.56. The first-order chi connectivity index (χ1) is 12.0. The van der Waals surface area contributed by atoms with E-state index in [1.165, 1.54) is 11.3 Å². The first-order valence-electron chi connectivity index (χ1n) is 7.47. The summed E-state index contributed by atoms with van der Waals surface area (Å²) in [5.41, 5.74) is 1.30. The summed E-state index contributed by atoms with van der Waals surface area (Å²) in [4.78, 5) is 25.7. The van der Waals surface area contributed by atoms with Gasteiger partial charge in [-0.15, -0.1) is 22.7 Å². The summed E-state index contributed by atoms with van der Waals surface area (Å²) in [5, 5.41) is 16.0. The molecule has 0 aliphatic heterocycles. The van der Waals surface area contributed by atoms with Crippen LogP contribution in [0.25, 0.3) is 10.4 Å². The molecular formula is C18H14BrNO3S2. The first-order valence-corrected chi connectivity index (χ1v) is 10.0.